The highest BCUT2D eigenvalue weighted by Crippen LogP contribution is 2.06. The Morgan fingerprint density at radius 3 is 2.82 bits per heavy atom. The van der Waals surface area contributed by atoms with Crippen LogP contribution in [0, 0.1) is 6.92 Å². The van der Waals surface area contributed by atoms with Gasteiger partial charge in [-0.15, -0.1) is 0 Å². The summed E-state index contributed by atoms with van der Waals surface area (Å²) < 4.78 is 11.8. The van der Waals surface area contributed by atoms with E-state index in [1.165, 1.54) is 11.1 Å². The summed E-state index contributed by atoms with van der Waals surface area (Å²) in [5, 5.41) is 0. The average Bonchev–Trinajstić information content (AvgIpc) is 2.01. The Morgan fingerprint density at radius 2 is 2.18 bits per heavy atom. The molecule has 0 saturated heterocycles. The van der Waals surface area contributed by atoms with E-state index in [9.17, 15) is 4.39 Å². The van der Waals surface area contributed by atoms with Crippen molar-refractivity contribution in [3.8, 4) is 0 Å². The highest BCUT2D eigenvalue weighted by molar-refractivity contribution is 5.22. The molecule has 0 radical (unpaired) electrons. The minimum absolute atomic E-state index is 0.214. The highest BCUT2D eigenvalue weighted by Gasteiger charge is 1.91. The highest BCUT2D eigenvalue weighted by atomic mass is 19.1. The van der Waals surface area contributed by atoms with E-state index < -0.39 is 0 Å². The largest absolute Gasteiger partial charge is 0.251 e. The van der Waals surface area contributed by atoms with Gasteiger partial charge < -0.3 is 0 Å². The van der Waals surface area contributed by atoms with Crippen molar-refractivity contribution in [2.24, 2.45) is 0 Å². The van der Waals surface area contributed by atoms with Gasteiger partial charge in [0.15, 0.2) is 0 Å². The zero-order chi connectivity index (χ0) is 8.10. The molecule has 1 heteroatoms. The molecule has 1 rings (SSSR count). The summed E-state index contributed by atoms with van der Waals surface area (Å²) in [4.78, 5) is 0. The summed E-state index contributed by atoms with van der Waals surface area (Å²) in [6.45, 7) is 1.84. The molecule has 0 saturated carbocycles. The Balaban J connectivity index is 2.56. The summed E-state index contributed by atoms with van der Waals surface area (Å²) in [6, 6.07) is 8.22. The first kappa shape index (κ1) is 8.25. The molecule has 0 aromatic heterocycles. The fraction of sp³-hybridized carbons (Fsp3) is 0.400. The van der Waals surface area contributed by atoms with Gasteiger partial charge in [0.1, 0.15) is 0 Å². The normalized spacial score (nSPS) is 10.0. The lowest BCUT2D eigenvalue weighted by Gasteiger charge is -1.98. The third kappa shape index (κ3) is 2.71. The van der Waals surface area contributed by atoms with Gasteiger partial charge in [0.25, 0.3) is 0 Å². The quantitative estimate of drug-likeness (QED) is 0.624. The molecule has 1 aromatic carbocycles. The molecule has 0 unspecified atom stereocenters. The lowest BCUT2D eigenvalue weighted by Crippen LogP contribution is -1.86. The SMILES string of the molecule is Cc1cccc(CCCF)c1. The Kier molecular flexibility index (Phi) is 3.09. The van der Waals surface area contributed by atoms with Gasteiger partial charge in [0.2, 0.25) is 0 Å². The van der Waals surface area contributed by atoms with Crippen molar-refractivity contribution in [1.29, 1.82) is 0 Å². The average molecular weight is 152 g/mol. The number of halogens is 1. The van der Waals surface area contributed by atoms with Crippen molar-refractivity contribution in [3.63, 3.8) is 0 Å². The lowest BCUT2D eigenvalue weighted by atomic mass is 10.1. The smallest absolute Gasteiger partial charge is 0.0897 e. The first-order chi connectivity index (χ1) is 5.33. The van der Waals surface area contributed by atoms with Crippen molar-refractivity contribution >= 4 is 0 Å². The van der Waals surface area contributed by atoms with Crippen LogP contribution >= 0.6 is 0 Å². The molecule has 11 heavy (non-hydrogen) atoms. The van der Waals surface area contributed by atoms with Crippen LogP contribution in [0.5, 0.6) is 0 Å². The Hall–Kier alpha value is -0.850. The van der Waals surface area contributed by atoms with Crippen LogP contribution in [0.1, 0.15) is 17.5 Å². The lowest BCUT2D eigenvalue weighted by molar-refractivity contribution is 0.473. The molecule has 0 bridgehead atoms. The van der Waals surface area contributed by atoms with E-state index in [-0.39, 0.29) is 6.67 Å². The van der Waals surface area contributed by atoms with Crippen molar-refractivity contribution in [1.82, 2.24) is 0 Å². The van der Waals surface area contributed by atoms with Crippen molar-refractivity contribution in [2.75, 3.05) is 6.67 Å². The second-order valence-electron chi connectivity index (χ2n) is 2.78. The van der Waals surface area contributed by atoms with E-state index in [2.05, 4.69) is 19.1 Å². The van der Waals surface area contributed by atoms with Crippen molar-refractivity contribution < 1.29 is 4.39 Å². The molecular formula is C10H13F. The number of hydrogen-bond donors (Lipinski definition) is 0. The maximum absolute atomic E-state index is 11.8. The van der Waals surface area contributed by atoms with Gasteiger partial charge in [-0.2, -0.15) is 0 Å². The second-order valence-corrected chi connectivity index (χ2v) is 2.78. The molecule has 60 valence electrons. The topological polar surface area (TPSA) is 0 Å². The van der Waals surface area contributed by atoms with Crippen LogP contribution in [0.15, 0.2) is 24.3 Å². The summed E-state index contributed by atoms with van der Waals surface area (Å²) in [5.74, 6) is 0. The van der Waals surface area contributed by atoms with Gasteiger partial charge >= 0.3 is 0 Å². The molecule has 0 amide bonds. The van der Waals surface area contributed by atoms with E-state index in [1.54, 1.807) is 0 Å². The van der Waals surface area contributed by atoms with E-state index in [0.717, 1.165) is 6.42 Å². The number of hydrogen-bond acceptors (Lipinski definition) is 0. The van der Waals surface area contributed by atoms with Crippen molar-refractivity contribution in [3.05, 3.63) is 35.4 Å². The van der Waals surface area contributed by atoms with E-state index in [0.29, 0.717) is 6.42 Å². The minimum atomic E-state index is -0.214. The van der Waals surface area contributed by atoms with Gasteiger partial charge in [-0.25, -0.2) is 0 Å². The minimum Gasteiger partial charge on any atom is -0.251 e. The Labute approximate surface area is 67.1 Å². The Bertz CT molecular complexity index is 218. The number of alkyl halides is 1. The van der Waals surface area contributed by atoms with Crippen LogP contribution in [-0.2, 0) is 6.42 Å². The molecule has 0 aliphatic carbocycles. The molecule has 0 fully saturated rings. The van der Waals surface area contributed by atoms with Gasteiger partial charge in [-0.3, -0.25) is 4.39 Å². The molecular weight excluding hydrogens is 139 g/mol. The molecule has 0 N–H and O–H groups in total. The van der Waals surface area contributed by atoms with E-state index >= 15 is 0 Å². The molecule has 0 spiro atoms. The number of rotatable bonds is 3. The van der Waals surface area contributed by atoms with Gasteiger partial charge in [0, 0.05) is 0 Å². The van der Waals surface area contributed by atoms with Crippen molar-refractivity contribution in [2.45, 2.75) is 19.8 Å². The van der Waals surface area contributed by atoms with E-state index in [1.807, 2.05) is 12.1 Å². The van der Waals surface area contributed by atoms with Gasteiger partial charge in [0.05, 0.1) is 6.67 Å². The zero-order valence-corrected chi connectivity index (χ0v) is 6.81. The summed E-state index contributed by atoms with van der Waals surface area (Å²) in [5.41, 5.74) is 2.49. The third-order valence-corrected chi connectivity index (χ3v) is 1.68. The van der Waals surface area contributed by atoms with Crippen LogP contribution in [0.2, 0.25) is 0 Å². The molecule has 0 atom stereocenters. The van der Waals surface area contributed by atoms with Crippen LogP contribution in [0.25, 0.3) is 0 Å². The van der Waals surface area contributed by atoms with Crippen LogP contribution in [0.4, 0.5) is 4.39 Å². The standard InChI is InChI=1S/C10H13F/c1-9-4-2-5-10(8-9)6-3-7-11/h2,4-5,8H,3,6-7H2,1H3. The fourth-order valence-corrected chi connectivity index (χ4v) is 1.14. The summed E-state index contributed by atoms with van der Waals surface area (Å²) in [6.07, 6.45) is 1.50. The Morgan fingerprint density at radius 1 is 1.36 bits per heavy atom. The molecule has 0 heterocycles. The second kappa shape index (κ2) is 4.12. The predicted octanol–water partition coefficient (Wildman–Crippen LogP) is 2.90. The molecule has 0 nitrogen and oxygen atoms in total. The van der Waals surface area contributed by atoms with Gasteiger partial charge in [-0.1, -0.05) is 29.8 Å². The summed E-state index contributed by atoms with van der Waals surface area (Å²) >= 11 is 0. The van der Waals surface area contributed by atoms with Crippen LogP contribution in [-0.4, -0.2) is 6.67 Å². The first-order valence-corrected chi connectivity index (χ1v) is 3.94. The maximum atomic E-state index is 11.8. The molecule has 1 aromatic rings. The van der Waals surface area contributed by atoms with Crippen LogP contribution in [0.3, 0.4) is 0 Å². The first-order valence-electron chi connectivity index (χ1n) is 3.94. The zero-order valence-electron chi connectivity index (χ0n) is 6.81. The van der Waals surface area contributed by atoms with Crippen LogP contribution < -0.4 is 0 Å². The van der Waals surface area contributed by atoms with E-state index in [4.69, 9.17) is 0 Å². The fourth-order valence-electron chi connectivity index (χ4n) is 1.14. The number of aryl methyl sites for hydroxylation is 2. The van der Waals surface area contributed by atoms with Gasteiger partial charge in [-0.05, 0) is 25.3 Å². The molecule has 0 aliphatic heterocycles. The monoisotopic (exact) mass is 152 g/mol. The summed E-state index contributed by atoms with van der Waals surface area (Å²) in [7, 11) is 0. The maximum Gasteiger partial charge on any atom is 0.0897 e. The number of benzene rings is 1. The third-order valence-electron chi connectivity index (χ3n) is 1.68. The predicted molar refractivity (Wildman–Crippen MR) is 45.5 cm³/mol. The molecule has 0 aliphatic rings.